The second kappa shape index (κ2) is 10.2. The summed E-state index contributed by atoms with van der Waals surface area (Å²) in [6.07, 6.45) is 11.4. The summed E-state index contributed by atoms with van der Waals surface area (Å²) in [5, 5.41) is 4.29. The zero-order chi connectivity index (χ0) is 24.6. The molecule has 0 spiro atoms. The highest BCUT2D eigenvalue weighted by Crippen LogP contribution is 2.38. The Morgan fingerprint density at radius 3 is 2.94 bits per heavy atom. The van der Waals surface area contributed by atoms with Gasteiger partial charge in [-0.15, -0.1) is 0 Å². The van der Waals surface area contributed by atoms with Crippen molar-refractivity contribution in [3.8, 4) is 0 Å². The predicted molar refractivity (Wildman–Crippen MR) is 143 cm³/mol. The maximum Gasteiger partial charge on any atom is 0.241 e. The fraction of sp³-hybridized carbons (Fsp3) is 0.444. The largest absolute Gasteiger partial charge is 0.337 e. The van der Waals surface area contributed by atoms with Crippen LogP contribution in [0.2, 0.25) is 5.02 Å². The number of piperazine rings is 1. The van der Waals surface area contributed by atoms with Crippen molar-refractivity contribution in [1.82, 2.24) is 29.7 Å². The Balaban J connectivity index is 1.28. The maximum absolute atomic E-state index is 13.8. The molecule has 3 aromatic rings. The van der Waals surface area contributed by atoms with E-state index in [1.165, 1.54) is 16.7 Å². The number of aryl methyl sites for hydroxylation is 2. The number of carbonyl (C=O) groups excluding carboxylic acids is 1. The van der Waals surface area contributed by atoms with Crippen molar-refractivity contribution in [3.05, 3.63) is 81.1 Å². The number of aromatic nitrogens is 3. The van der Waals surface area contributed by atoms with Crippen LogP contribution in [-0.4, -0.2) is 68.5 Å². The Kier molecular flexibility index (Phi) is 6.86. The number of halogens is 2. The van der Waals surface area contributed by atoms with Gasteiger partial charge < -0.3 is 14.8 Å². The highest BCUT2D eigenvalue weighted by Gasteiger charge is 2.38. The molecule has 6 rings (SSSR count). The third kappa shape index (κ3) is 4.72. The van der Waals surface area contributed by atoms with Gasteiger partial charge >= 0.3 is 0 Å². The molecule has 1 aromatic carbocycles. The third-order valence-electron chi connectivity index (χ3n) is 7.80. The molecule has 0 radical (unpaired) electrons. The van der Waals surface area contributed by atoms with Crippen LogP contribution < -0.4 is 5.32 Å². The second-order valence-corrected chi connectivity index (χ2v) is 11.4. The van der Waals surface area contributed by atoms with Crippen LogP contribution in [0.15, 0.2) is 53.7 Å². The summed E-state index contributed by atoms with van der Waals surface area (Å²) in [7, 11) is 0. The lowest BCUT2D eigenvalue weighted by Crippen LogP contribution is -2.59. The number of fused-ring (bicyclic) bond motifs is 2. The van der Waals surface area contributed by atoms with Crippen LogP contribution in [0, 0.1) is 0 Å². The van der Waals surface area contributed by atoms with Gasteiger partial charge in [0.05, 0.1) is 24.1 Å². The van der Waals surface area contributed by atoms with Gasteiger partial charge in [0.2, 0.25) is 5.91 Å². The van der Waals surface area contributed by atoms with Crippen LogP contribution in [0.5, 0.6) is 0 Å². The molecule has 3 atom stereocenters. The minimum absolute atomic E-state index is 0.000547. The molecule has 2 aromatic heterocycles. The predicted octanol–water partition coefficient (Wildman–Crippen LogP) is 3.85. The van der Waals surface area contributed by atoms with Crippen LogP contribution in [0.1, 0.15) is 41.3 Å². The molecular weight excluding hydrogens is 540 g/mol. The number of hydrogen-bond donors (Lipinski definition) is 1. The molecule has 2 saturated heterocycles. The van der Waals surface area contributed by atoms with E-state index in [0.717, 1.165) is 67.1 Å². The summed E-state index contributed by atoms with van der Waals surface area (Å²) >= 11 is 10.0. The third-order valence-corrected chi connectivity index (χ3v) is 8.47. The molecule has 1 unspecified atom stereocenters. The van der Waals surface area contributed by atoms with E-state index in [9.17, 15) is 4.79 Å². The first-order chi connectivity index (χ1) is 17.6. The van der Waals surface area contributed by atoms with Crippen molar-refractivity contribution in [2.24, 2.45) is 0 Å². The summed E-state index contributed by atoms with van der Waals surface area (Å²) in [5.41, 5.74) is 4.86. The van der Waals surface area contributed by atoms with Crippen LogP contribution in [-0.2, 0) is 24.2 Å². The molecule has 0 saturated carbocycles. The van der Waals surface area contributed by atoms with Crippen molar-refractivity contribution in [1.29, 1.82) is 0 Å². The van der Waals surface area contributed by atoms with Crippen molar-refractivity contribution in [2.75, 3.05) is 26.2 Å². The average molecular weight is 570 g/mol. The van der Waals surface area contributed by atoms with Gasteiger partial charge in [-0.05, 0) is 76.5 Å². The zero-order valence-corrected chi connectivity index (χ0v) is 22.5. The summed E-state index contributed by atoms with van der Waals surface area (Å²) in [4.78, 5) is 27.4. The fourth-order valence-corrected chi connectivity index (χ4v) is 6.68. The first-order valence-electron chi connectivity index (χ1n) is 12.7. The van der Waals surface area contributed by atoms with E-state index in [1.807, 2.05) is 24.8 Å². The van der Waals surface area contributed by atoms with E-state index in [0.29, 0.717) is 6.54 Å². The first-order valence-corrected chi connectivity index (χ1v) is 13.9. The molecule has 2 fully saturated rings. The quantitative estimate of drug-likeness (QED) is 0.517. The summed E-state index contributed by atoms with van der Waals surface area (Å²) in [5.74, 6) is 0.205. The Bertz CT molecular complexity index is 1200. The first kappa shape index (κ1) is 24.1. The summed E-state index contributed by atoms with van der Waals surface area (Å²) in [6.45, 7) is 3.88. The highest BCUT2D eigenvalue weighted by atomic mass is 79.9. The zero-order valence-electron chi connectivity index (χ0n) is 20.1. The van der Waals surface area contributed by atoms with E-state index < -0.39 is 0 Å². The molecule has 0 bridgehead atoms. The Hall–Kier alpha value is -2.26. The SMILES string of the molecule is O=C([C@H]1CN(C2c3ccc(Cl)cc3CCc3cc(Br)cnc32)CCN1)N1CCC[C@@H]1Cn1ccnc1. The Morgan fingerprint density at radius 1 is 1.19 bits per heavy atom. The fourth-order valence-electron chi connectivity index (χ4n) is 6.11. The standard InChI is InChI=1S/C27H30BrClN6O/c28-20-12-19-4-3-18-13-21(29)5-6-23(18)26(25(19)32-14-20)34-11-8-31-24(16-34)27(36)35-9-1-2-22(35)15-33-10-7-30-17-33/h5-7,10,12-14,17,22,24,26,31H,1-4,8-9,11,15-16H2/t22-,24-,26?/m1/s1. The van der Waals surface area contributed by atoms with Gasteiger partial charge in [0.15, 0.2) is 0 Å². The number of carbonyl (C=O) groups is 1. The van der Waals surface area contributed by atoms with Crippen LogP contribution in [0.25, 0.3) is 0 Å². The molecule has 1 amide bonds. The molecule has 2 aliphatic heterocycles. The number of hydrogen-bond acceptors (Lipinski definition) is 5. The van der Waals surface area contributed by atoms with E-state index >= 15 is 0 Å². The van der Waals surface area contributed by atoms with Crippen molar-refractivity contribution < 1.29 is 4.79 Å². The van der Waals surface area contributed by atoms with Gasteiger partial charge in [-0.25, -0.2) is 4.98 Å². The average Bonchev–Trinajstić information content (AvgIpc) is 3.54. The number of nitrogens with zero attached hydrogens (tertiary/aromatic N) is 5. The van der Waals surface area contributed by atoms with Gasteiger partial charge in [-0.1, -0.05) is 17.7 Å². The van der Waals surface area contributed by atoms with Gasteiger partial charge in [0, 0.05) is 66.9 Å². The minimum Gasteiger partial charge on any atom is -0.337 e. The molecule has 1 N–H and O–H groups in total. The van der Waals surface area contributed by atoms with Crippen molar-refractivity contribution in [3.63, 3.8) is 0 Å². The Morgan fingerprint density at radius 2 is 2.08 bits per heavy atom. The molecule has 9 heteroatoms. The molecular formula is C27H30BrClN6O. The number of nitrogens with one attached hydrogen (secondary N) is 1. The number of amides is 1. The van der Waals surface area contributed by atoms with E-state index in [2.05, 4.69) is 58.8 Å². The number of benzene rings is 1. The molecule has 3 aliphatic rings. The summed E-state index contributed by atoms with van der Waals surface area (Å²) in [6, 6.07) is 8.40. The Labute approximate surface area is 225 Å². The normalized spacial score (nSPS) is 24.3. The highest BCUT2D eigenvalue weighted by molar-refractivity contribution is 9.10. The van der Waals surface area contributed by atoms with Crippen LogP contribution in [0.3, 0.4) is 0 Å². The molecule has 188 valence electrons. The number of imidazole rings is 1. The lowest BCUT2D eigenvalue weighted by molar-refractivity contribution is -0.135. The lowest BCUT2D eigenvalue weighted by Gasteiger charge is -2.40. The topological polar surface area (TPSA) is 66.3 Å². The number of likely N-dealkylation sites (tertiary alicyclic amines) is 1. The van der Waals surface area contributed by atoms with Crippen LogP contribution in [0.4, 0.5) is 0 Å². The van der Waals surface area contributed by atoms with Crippen molar-refractivity contribution >= 4 is 33.4 Å². The van der Waals surface area contributed by atoms with Crippen LogP contribution >= 0.6 is 27.5 Å². The monoisotopic (exact) mass is 568 g/mol. The number of pyridine rings is 1. The van der Waals surface area contributed by atoms with Gasteiger partial charge in [0.25, 0.3) is 0 Å². The van der Waals surface area contributed by atoms with E-state index in [-0.39, 0.29) is 24.0 Å². The van der Waals surface area contributed by atoms with Gasteiger partial charge in [-0.2, -0.15) is 0 Å². The van der Waals surface area contributed by atoms with Gasteiger partial charge in [0.1, 0.15) is 0 Å². The lowest BCUT2D eigenvalue weighted by atomic mass is 9.95. The maximum atomic E-state index is 13.8. The number of rotatable bonds is 4. The minimum atomic E-state index is -0.236. The summed E-state index contributed by atoms with van der Waals surface area (Å²) < 4.78 is 3.07. The molecule has 1 aliphatic carbocycles. The van der Waals surface area contributed by atoms with Gasteiger partial charge in [-0.3, -0.25) is 14.7 Å². The smallest absolute Gasteiger partial charge is 0.241 e. The second-order valence-electron chi connectivity index (χ2n) is 10.0. The van der Waals surface area contributed by atoms with Crippen molar-refractivity contribution in [2.45, 2.75) is 50.4 Å². The van der Waals surface area contributed by atoms with E-state index in [4.69, 9.17) is 16.6 Å². The molecule has 4 heterocycles. The molecule has 36 heavy (non-hydrogen) atoms. The van der Waals surface area contributed by atoms with E-state index in [1.54, 1.807) is 6.20 Å². The molecule has 7 nitrogen and oxygen atoms in total.